The summed E-state index contributed by atoms with van der Waals surface area (Å²) in [6.07, 6.45) is 5.04. The van der Waals surface area contributed by atoms with Crippen molar-refractivity contribution in [2.75, 3.05) is 30.3 Å². The van der Waals surface area contributed by atoms with E-state index in [1.165, 1.54) is 0 Å². The van der Waals surface area contributed by atoms with E-state index in [1.807, 2.05) is 6.07 Å². The van der Waals surface area contributed by atoms with Crippen LogP contribution < -0.4 is 10.6 Å². The molecule has 1 aromatic heterocycles. The van der Waals surface area contributed by atoms with E-state index >= 15 is 0 Å². The summed E-state index contributed by atoms with van der Waals surface area (Å²) in [7, 11) is 0. The lowest BCUT2D eigenvalue weighted by Gasteiger charge is -2.17. The second-order valence-electron chi connectivity index (χ2n) is 5.38. The second-order valence-corrected chi connectivity index (χ2v) is 5.38. The van der Waals surface area contributed by atoms with Gasteiger partial charge >= 0.3 is 0 Å². The predicted molar refractivity (Wildman–Crippen MR) is 88.8 cm³/mol. The lowest BCUT2D eigenvalue weighted by molar-refractivity contribution is 0.255. The number of aliphatic hydroxyl groups is 1. The highest BCUT2D eigenvalue weighted by atomic mass is 16.3. The van der Waals surface area contributed by atoms with Crippen molar-refractivity contribution in [1.29, 1.82) is 0 Å². The average molecular weight is 294 g/mol. The molecular formula is C16H30N4O. The lowest BCUT2D eigenvalue weighted by atomic mass is 10.0. The number of nitrogens with one attached hydrogen (secondary N) is 2. The molecule has 0 saturated carbocycles. The molecule has 0 aliphatic rings. The van der Waals surface area contributed by atoms with Crippen LogP contribution in [0.3, 0.4) is 0 Å². The van der Waals surface area contributed by atoms with Crippen molar-refractivity contribution < 1.29 is 5.11 Å². The third-order valence-corrected chi connectivity index (χ3v) is 3.41. The van der Waals surface area contributed by atoms with Crippen LogP contribution in [0.4, 0.5) is 11.6 Å². The molecule has 0 aromatic carbocycles. The number of hydrogen-bond donors (Lipinski definition) is 3. The first-order chi connectivity index (χ1) is 10.2. The minimum absolute atomic E-state index is 0.250. The highest BCUT2D eigenvalue weighted by Crippen LogP contribution is 2.15. The third kappa shape index (κ3) is 6.76. The van der Waals surface area contributed by atoms with Gasteiger partial charge in [-0.05, 0) is 32.1 Å². The van der Waals surface area contributed by atoms with Crippen LogP contribution in [0, 0.1) is 5.92 Å². The van der Waals surface area contributed by atoms with Crippen molar-refractivity contribution in [1.82, 2.24) is 9.97 Å². The maximum absolute atomic E-state index is 9.13. The van der Waals surface area contributed by atoms with Crippen LogP contribution in [-0.4, -0.2) is 34.8 Å². The van der Waals surface area contributed by atoms with Gasteiger partial charge in [0.25, 0.3) is 0 Å². The summed E-state index contributed by atoms with van der Waals surface area (Å²) in [6, 6.07) is 1.96. The molecule has 0 aliphatic carbocycles. The molecule has 1 heterocycles. The Labute approximate surface area is 128 Å². The van der Waals surface area contributed by atoms with Crippen LogP contribution >= 0.6 is 0 Å². The average Bonchev–Trinajstić information content (AvgIpc) is 2.46. The molecule has 21 heavy (non-hydrogen) atoms. The number of rotatable bonds is 11. The van der Waals surface area contributed by atoms with Crippen LogP contribution in [0.15, 0.2) is 6.07 Å². The fourth-order valence-corrected chi connectivity index (χ4v) is 2.38. The molecule has 5 heteroatoms. The number of aromatic nitrogens is 2. The highest BCUT2D eigenvalue weighted by Gasteiger charge is 2.09. The summed E-state index contributed by atoms with van der Waals surface area (Å²) in [5.74, 6) is 3.14. The minimum atomic E-state index is 0.250. The standard InChI is InChI=1S/C16H30N4O/c1-4-7-13(9-10-21)12-18-16-11-15(17-6-3)19-14(20-16)8-5-2/h11,13,21H,4-10,12H2,1-3H3,(H2,17,18,19,20). The lowest BCUT2D eigenvalue weighted by Crippen LogP contribution is -2.17. The molecule has 0 bridgehead atoms. The Bertz CT molecular complexity index is 368. The van der Waals surface area contributed by atoms with Crippen molar-refractivity contribution in [2.24, 2.45) is 5.92 Å². The number of hydrogen-bond acceptors (Lipinski definition) is 5. The summed E-state index contributed by atoms with van der Waals surface area (Å²) in [4.78, 5) is 9.08. The predicted octanol–water partition coefficient (Wildman–Crippen LogP) is 3.07. The van der Waals surface area contributed by atoms with Crippen LogP contribution in [-0.2, 0) is 6.42 Å². The normalized spacial score (nSPS) is 12.2. The molecule has 0 amide bonds. The first kappa shape index (κ1) is 17.7. The summed E-state index contributed by atoms with van der Waals surface area (Å²) in [5, 5.41) is 15.8. The SMILES string of the molecule is CCCc1nc(NCC)cc(NCC(CCC)CCO)n1. The van der Waals surface area contributed by atoms with E-state index in [4.69, 9.17) is 5.11 Å². The Balaban J connectivity index is 2.70. The zero-order chi connectivity index (χ0) is 15.5. The molecule has 1 unspecified atom stereocenters. The molecule has 0 spiro atoms. The van der Waals surface area contributed by atoms with Gasteiger partial charge in [-0.3, -0.25) is 0 Å². The molecule has 0 fully saturated rings. The van der Waals surface area contributed by atoms with E-state index in [0.717, 1.165) is 62.7 Å². The van der Waals surface area contributed by atoms with Crippen LogP contribution in [0.5, 0.6) is 0 Å². The number of nitrogens with zero attached hydrogens (tertiary/aromatic N) is 2. The van der Waals surface area contributed by atoms with Crippen LogP contribution in [0.25, 0.3) is 0 Å². The number of aliphatic hydroxyl groups excluding tert-OH is 1. The summed E-state index contributed by atoms with van der Waals surface area (Å²) in [5.41, 5.74) is 0. The zero-order valence-corrected chi connectivity index (χ0v) is 13.7. The molecule has 1 rings (SSSR count). The van der Waals surface area contributed by atoms with Crippen LogP contribution in [0.2, 0.25) is 0 Å². The zero-order valence-electron chi connectivity index (χ0n) is 13.7. The van der Waals surface area contributed by atoms with Crippen molar-refractivity contribution in [2.45, 2.75) is 52.9 Å². The fraction of sp³-hybridized carbons (Fsp3) is 0.750. The number of aryl methyl sites for hydroxylation is 1. The quantitative estimate of drug-likeness (QED) is 0.585. The van der Waals surface area contributed by atoms with Gasteiger partial charge in [0, 0.05) is 32.2 Å². The van der Waals surface area contributed by atoms with Crippen LogP contribution in [0.1, 0.15) is 52.3 Å². The van der Waals surface area contributed by atoms with Crippen molar-refractivity contribution in [3.8, 4) is 0 Å². The van der Waals surface area contributed by atoms with Crippen molar-refractivity contribution in [3.05, 3.63) is 11.9 Å². The largest absolute Gasteiger partial charge is 0.396 e. The van der Waals surface area contributed by atoms with E-state index in [-0.39, 0.29) is 6.61 Å². The molecule has 5 nitrogen and oxygen atoms in total. The number of anilines is 2. The molecular weight excluding hydrogens is 264 g/mol. The van der Waals surface area contributed by atoms with Gasteiger partial charge in [0.05, 0.1) is 0 Å². The Morgan fingerprint density at radius 1 is 1.05 bits per heavy atom. The summed E-state index contributed by atoms with van der Waals surface area (Å²) >= 11 is 0. The third-order valence-electron chi connectivity index (χ3n) is 3.41. The molecule has 0 radical (unpaired) electrons. The van der Waals surface area contributed by atoms with Gasteiger partial charge < -0.3 is 15.7 Å². The summed E-state index contributed by atoms with van der Waals surface area (Å²) < 4.78 is 0. The first-order valence-corrected chi connectivity index (χ1v) is 8.19. The molecule has 120 valence electrons. The smallest absolute Gasteiger partial charge is 0.133 e. The van der Waals surface area contributed by atoms with E-state index < -0.39 is 0 Å². The van der Waals surface area contributed by atoms with Crippen molar-refractivity contribution in [3.63, 3.8) is 0 Å². The first-order valence-electron chi connectivity index (χ1n) is 8.19. The maximum atomic E-state index is 9.13. The van der Waals surface area contributed by atoms with E-state index in [9.17, 15) is 0 Å². The Hall–Kier alpha value is -1.36. The topological polar surface area (TPSA) is 70.1 Å². The van der Waals surface area contributed by atoms with E-state index in [1.54, 1.807) is 0 Å². The van der Waals surface area contributed by atoms with E-state index in [0.29, 0.717) is 5.92 Å². The highest BCUT2D eigenvalue weighted by molar-refractivity contribution is 5.47. The maximum Gasteiger partial charge on any atom is 0.133 e. The van der Waals surface area contributed by atoms with E-state index in [2.05, 4.69) is 41.4 Å². The van der Waals surface area contributed by atoms with Crippen molar-refractivity contribution >= 4 is 11.6 Å². The molecule has 0 saturated heterocycles. The molecule has 1 aromatic rings. The summed E-state index contributed by atoms with van der Waals surface area (Å²) in [6.45, 7) is 8.33. The van der Waals surface area contributed by atoms with Gasteiger partial charge in [0.15, 0.2) is 0 Å². The Morgan fingerprint density at radius 2 is 1.76 bits per heavy atom. The van der Waals surface area contributed by atoms with Gasteiger partial charge in [0.2, 0.25) is 0 Å². The van der Waals surface area contributed by atoms with Gasteiger partial charge in [-0.1, -0.05) is 20.3 Å². The second kappa shape index (κ2) is 10.4. The fourth-order valence-electron chi connectivity index (χ4n) is 2.38. The minimum Gasteiger partial charge on any atom is -0.396 e. The van der Waals surface area contributed by atoms with Gasteiger partial charge in [-0.25, -0.2) is 9.97 Å². The molecule has 0 aliphatic heterocycles. The monoisotopic (exact) mass is 294 g/mol. The Morgan fingerprint density at radius 3 is 2.33 bits per heavy atom. The Kier molecular flexibility index (Phi) is 8.74. The van der Waals surface area contributed by atoms with Gasteiger partial charge in [-0.15, -0.1) is 0 Å². The molecule has 1 atom stereocenters. The van der Waals surface area contributed by atoms with Gasteiger partial charge in [-0.2, -0.15) is 0 Å². The van der Waals surface area contributed by atoms with Gasteiger partial charge in [0.1, 0.15) is 17.5 Å². The molecule has 3 N–H and O–H groups in total.